The third kappa shape index (κ3) is 4.66. The molecule has 0 unspecified atom stereocenters. The van der Waals surface area contributed by atoms with Gasteiger partial charge < -0.3 is 15.4 Å². The second-order valence-electron chi connectivity index (χ2n) is 5.81. The van der Waals surface area contributed by atoms with Crippen LogP contribution in [0, 0.1) is 5.92 Å². The molecule has 0 bridgehead atoms. The van der Waals surface area contributed by atoms with Gasteiger partial charge in [-0.05, 0) is 43.7 Å². The number of carbonyl (C=O) groups excluding carboxylic acids is 1. The highest BCUT2D eigenvalue weighted by Gasteiger charge is 2.22. The van der Waals surface area contributed by atoms with E-state index in [9.17, 15) is 4.79 Å². The summed E-state index contributed by atoms with van der Waals surface area (Å²) in [6.45, 7) is 2.24. The van der Waals surface area contributed by atoms with E-state index in [-0.39, 0.29) is 6.03 Å². The summed E-state index contributed by atoms with van der Waals surface area (Å²) in [7, 11) is 1.60. The Hall–Kier alpha value is -1.71. The van der Waals surface area contributed by atoms with Crippen molar-refractivity contribution in [3.05, 3.63) is 24.3 Å². The summed E-state index contributed by atoms with van der Waals surface area (Å²) in [6, 6.07) is 7.61. The Labute approximate surface area is 127 Å². The van der Waals surface area contributed by atoms with Gasteiger partial charge in [0.1, 0.15) is 5.75 Å². The van der Waals surface area contributed by atoms with Crippen LogP contribution >= 0.6 is 0 Å². The summed E-state index contributed by atoms with van der Waals surface area (Å²) in [5.41, 5.74) is 0.706. The molecule has 0 saturated heterocycles. The molecular weight excluding hydrogens is 264 g/mol. The maximum Gasteiger partial charge on any atom is 0.319 e. The normalized spacial score (nSPS) is 21.6. The van der Waals surface area contributed by atoms with E-state index < -0.39 is 0 Å². The molecule has 0 spiro atoms. The molecule has 116 valence electrons. The van der Waals surface area contributed by atoms with E-state index in [2.05, 4.69) is 17.6 Å². The van der Waals surface area contributed by atoms with Crippen molar-refractivity contribution in [1.82, 2.24) is 5.32 Å². The summed E-state index contributed by atoms with van der Waals surface area (Å²) in [5, 5.41) is 5.95. The summed E-state index contributed by atoms with van der Waals surface area (Å²) in [4.78, 5) is 12.1. The van der Waals surface area contributed by atoms with Gasteiger partial charge in [0.05, 0.1) is 12.8 Å². The number of amides is 2. The maximum atomic E-state index is 12.1. The SMILES string of the molecule is CCCC1CCC(NC(=O)Nc2ccccc2OC)CC1. The van der Waals surface area contributed by atoms with Crippen LogP contribution in [0.2, 0.25) is 0 Å². The van der Waals surface area contributed by atoms with Gasteiger partial charge in [0, 0.05) is 6.04 Å². The van der Waals surface area contributed by atoms with Crippen LogP contribution in [0.3, 0.4) is 0 Å². The summed E-state index contributed by atoms with van der Waals surface area (Å²) >= 11 is 0. The first-order chi connectivity index (χ1) is 10.2. The van der Waals surface area contributed by atoms with Crippen LogP contribution in [0.4, 0.5) is 10.5 Å². The third-order valence-corrected chi connectivity index (χ3v) is 4.23. The Morgan fingerprint density at radius 3 is 2.62 bits per heavy atom. The van der Waals surface area contributed by atoms with E-state index >= 15 is 0 Å². The Balaban J connectivity index is 1.80. The molecule has 2 N–H and O–H groups in total. The molecule has 4 nitrogen and oxygen atoms in total. The van der Waals surface area contributed by atoms with Crippen molar-refractivity contribution >= 4 is 11.7 Å². The topological polar surface area (TPSA) is 50.4 Å². The molecule has 1 aromatic carbocycles. The highest BCUT2D eigenvalue weighted by molar-refractivity contribution is 5.91. The molecule has 0 atom stereocenters. The lowest BCUT2D eigenvalue weighted by atomic mass is 9.83. The number of anilines is 1. The number of hydrogen-bond donors (Lipinski definition) is 2. The minimum Gasteiger partial charge on any atom is -0.495 e. The number of rotatable bonds is 5. The third-order valence-electron chi connectivity index (χ3n) is 4.23. The first-order valence-corrected chi connectivity index (χ1v) is 7.93. The van der Waals surface area contributed by atoms with Gasteiger partial charge in [0.25, 0.3) is 0 Å². The minimum atomic E-state index is -0.140. The van der Waals surface area contributed by atoms with Crippen molar-refractivity contribution in [2.45, 2.75) is 51.5 Å². The molecule has 21 heavy (non-hydrogen) atoms. The second-order valence-corrected chi connectivity index (χ2v) is 5.81. The largest absolute Gasteiger partial charge is 0.495 e. The Morgan fingerprint density at radius 2 is 1.95 bits per heavy atom. The van der Waals surface area contributed by atoms with Crippen LogP contribution in [-0.2, 0) is 0 Å². The first kappa shape index (κ1) is 15.7. The average Bonchev–Trinajstić information content (AvgIpc) is 2.50. The fraction of sp³-hybridized carbons (Fsp3) is 0.588. The maximum absolute atomic E-state index is 12.1. The van der Waals surface area contributed by atoms with Gasteiger partial charge in [-0.25, -0.2) is 4.79 Å². The van der Waals surface area contributed by atoms with Crippen LogP contribution in [0.5, 0.6) is 5.75 Å². The van der Waals surface area contributed by atoms with Crippen molar-refractivity contribution in [2.24, 2.45) is 5.92 Å². The molecule has 2 rings (SSSR count). The Kier molecular flexibility index (Phi) is 5.90. The number of nitrogens with one attached hydrogen (secondary N) is 2. The standard InChI is InChI=1S/C17H26N2O2/c1-3-6-13-9-11-14(12-10-13)18-17(20)19-15-7-4-5-8-16(15)21-2/h4-5,7-8,13-14H,3,6,9-12H2,1-2H3,(H2,18,19,20). The van der Waals surface area contributed by atoms with Gasteiger partial charge in [-0.1, -0.05) is 31.9 Å². The van der Waals surface area contributed by atoms with Crippen molar-refractivity contribution in [3.8, 4) is 5.75 Å². The Bertz CT molecular complexity index is 454. The van der Waals surface area contributed by atoms with Gasteiger partial charge >= 0.3 is 6.03 Å². The van der Waals surface area contributed by atoms with Gasteiger partial charge in [-0.2, -0.15) is 0 Å². The molecular formula is C17H26N2O2. The first-order valence-electron chi connectivity index (χ1n) is 7.93. The summed E-state index contributed by atoms with van der Waals surface area (Å²) < 4.78 is 5.23. The molecule has 4 heteroatoms. The quantitative estimate of drug-likeness (QED) is 0.855. The molecule has 0 heterocycles. The lowest BCUT2D eigenvalue weighted by Gasteiger charge is -2.29. The molecule has 1 fully saturated rings. The monoisotopic (exact) mass is 290 g/mol. The van der Waals surface area contributed by atoms with E-state index in [0.717, 1.165) is 18.8 Å². The number of urea groups is 1. The van der Waals surface area contributed by atoms with Gasteiger partial charge in [0.15, 0.2) is 0 Å². The lowest BCUT2D eigenvalue weighted by molar-refractivity contribution is 0.235. The number of carbonyl (C=O) groups is 1. The molecule has 1 aliphatic carbocycles. The zero-order chi connectivity index (χ0) is 15.1. The van der Waals surface area contributed by atoms with Crippen LogP contribution in [0.1, 0.15) is 45.4 Å². The predicted molar refractivity (Wildman–Crippen MR) is 85.8 cm³/mol. The van der Waals surface area contributed by atoms with E-state index in [0.29, 0.717) is 17.5 Å². The number of benzene rings is 1. The molecule has 1 saturated carbocycles. The molecule has 1 aromatic rings. The lowest BCUT2D eigenvalue weighted by Crippen LogP contribution is -2.40. The fourth-order valence-corrected chi connectivity index (χ4v) is 3.10. The van der Waals surface area contributed by atoms with E-state index in [1.807, 2.05) is 24.3 Å². The number of methoxy groups -OCH3 is 1. The predicted octanol–water partition coefficient (Wildman–Crippen LogP) is 4.18. The van der Waals surface area contributed by atoms with Crippen molar-refractivity contribution in [2.75, 3.05) is 12.4 Å². The van der Waals surface area contributed by atoms with Gasteiger partial charge in [0.2, 0.25) is 0 Å². The summed E-state index contributed by atoms with van der Waals surface area (Å²) in [5.74, 6) is 1.53. The second kappa shape index (κ2) is 7.91. The zero-order valence-electron chi connectivity index (χ0n) is 13.0. The molecule has 2 amide bonds. The molecule has 0 aliphatic heterocycles. The van der Waals surface area contributed by atoms with Crippen LogP contribution in [0.25, 0.3) is 0 Å². The van der Waals surface area contributed by atoms with Crippen molar-refractivity contribution in [1.29, 1.82) is 0 Å². The number of hydrogen-bond acceptors (Lipinski definition) is 2. The van der Waals surface area contributed by atoms with Crippen molar-refractivity contribution in [3.63, 3.8) is 0 Å². The van der Waals surface area contributed by atoms with Crippen molar-refractivity contribution < 1.29 is 9.53 Å². The van der Waals surface area contributed by atoms with Crippen LogP contribution in [0.15, 0.2) is 24.3 Å². The molecule has 0 aromatic heterocycles. The Morgan fingerprint density at radius 1 is 1.24 bits per heavy atom. The number of ether oxygens (including phenoxy) is 1. The zero-order valence-corrected chi connectivity index (χ0v) is 13.0. The van der Waals surface area contributed by atoms with Gasteiger partial charge in [-0.3, -0.25) is 0 Å². The summed E-state index contributed by atoms with van der Waals surface area (Å²) in [6.07, 6.45) is 7.21. The van der Waals surface area contributed by atoms with E-state index in [1.165, 1.54) is 25.7 Å². The number of para-hydroxylation sites is 2. The van der Waals surface area contributed by atoms with Crippen LogP contribution < -0.4 is 15.4 Å². The molecule has 1 aliphatic rings. The van der Waals surface area contributed by atoms with E-state index in [1.54, 1.807) is 7.11 Å². The smallest absolute Gasteiger partial charge is 0.319 e. The van der Waals surface area contributed by atoms with Gasteiger partial charge in [-0.15, -0.1) is 0 Å². The molecule has 0 radical (unpaired) electrons. The fourth-order valence-electron chi connectivity index (χ4n) is 3.10. The average molecular weight is 290 g/mol. The van der Waals surface area contributed by atoms with E-state index in [4.69, 9.17) is 4.74 Å². The minimum absolute atomic E-state index is 0.140. The highest BCUT2D eigenvalue weighted by atomic mass is 16.5. The van der Waals surface area contributed by atoms with Crippen LogP contribution in [-0.4, -0.2) is 19.2 Å². The highest BCUT2D eigenvalue weighted by Crippen LogP contribution is 2.28.